The second-order valence-corrected chi connectivity index (χ2v) is 3.94. The van der Waals surface area contributed by atoms with Gasteiger partial charge in [0.25, 0.3) is 0 Å². The van der Waals surface area contributed by atoms with Crippen LogP contribution >= 0.6 is 0 Å². The number of carbonyl (C=O) groups is 1. The predicted molar refractivity (Wildman–Crippen MR) is 41.1 cm³/mol. The molecule has 2 heteroatoms. The molecule has 3 saturated carbocycles. The highest BCUT2D eigenvalue weighted by Crippen LogP contribution is 2.39. The van der Waals surface area contributed by atoms with Crippen molar-refractivity contribution in [3.8, 4) is 0 Å². The van der Waals surface area contributed by atoms with Crippen molar-refractivity contribution >= 4 is 5.78 Å². The Morgan fingerprint density at radius 1 is 1.27 bits per heavy atom. The van der Waals surface area contributed by atoms with Crippen LogP contribution in [0.5, 0.6) is 0 Å². The molecular formula is C9H14O2. The smallest absolute Gasteiger partial charge is 0.164 e. The largest absolute Gasteiger partial charge is 0.382 e. The number of carbonyl (C=O) groups excluding carboxylic acids is 1. The van der Waals surface area contributed by atoms with Crippen molar-refractivity contribution in [2.45, 2.75) is 44.1 Å². The van der Waals surface area contributed by atoms with Crippen molar-refractivity contribution in [1.82, 2.24) is 0 Å². The predicted octanol–water partition coefficient (Wildman–Crippen LogP) is 1.27. The zero-order valence-corrected chi connectivity index (χ0v) is 6.68. The van der Waals surface area contributed by atoms with E-state index in [9.17, 15) is 9.90 Å². The molecule has 0 aromatic rings. The van der Waals surface area contributed by atoms with Crippen LogP contribution in [0.1, 0.15) is 38.5 Å². The van der Waals surface area contributed by atoms with Crippen molar-refractivity contribution in [3.63, 3.8) is 0 Å². The van der Waals surface area contributed by atoms with Crippen molar-refractivity contribution < 1.29 is 9.90 Å². The molecule has 3 rings (SSSR count). The summed E-state index contributed by atoms with van der Waals surface area (Å²) in [4.78, 5) is 11.3. The molecule has 2 nitrogen and oxygen atoms in total. The highest BCUT2D eigenvalue weighted by molar-refractivity contribution is 5.87. The lowest BCUT2D eigenvalue weighted by Gasteiger charge is -2.29. The van der Waals surface area contributed by atoms with Gasteiger partial charge in [-0.2, -0.15) is 0 Å². The number of aliphatic hydroxyl groups is 1. The maximum atomic E-state index is 11.3. The third-order valence-corrected chi connectivity index (χ3v) is 3.23. The van der Waals surface area contributed by atoms with E-state index in [0.717, 1.165) is 38.0 Å². The molecule has 0 unspecified atom stereocenters. The summed E-state index contributed by atoms with van der Waals surface area (Å²) in [6.07, 6.45) is 5.18. The van der Waals surface area contributed by atoms with E-state index >= 15 is 0 Å². The van der Waals surface area contributed by atoms with Crippen molar-refractivity contribution in [1.29, 1.82) is 0 Å². The molecule has 11 heavy (non-hydrogen) atoms. The van der Waals surface area contributed by atoms with E-state index in [1.165, 1.54) is 0 Å². The van der Waals surface area contributed by atoms with Gasteiger partial charge in [0.05, 0.1) is 0 Å². The summed E-state index contributed by atoms with van der Waals surface area (Å²) in [6.45, 7) is 0. The van der Waals surface area contributed by atoms with Crippen LogP contribution in [0.3, 0.4) is 0 Å². The molecule has 62 valence electrons. The number of fused-ring (bicyclic) bond motifs is 4. The van der Waals surface area contributed by atoms with Crippen molar-refractivity contribution in [2.75, 3.05) is 0 Å². The Kier molecular flexibility index (Phi) is 1.53. The van der Waals surface area contributed by atoms with Gasteiger partial charge < -0.3 is 5.11 Å². The van der Waals surface area contributed by atoms with Crippen LogP contribution < -0.4 is 0 Å². The van der Waals surface area contributed by atoms with Gasteiger partial charge in [-0.1, -0.05) is 0 Å². The van der Waals surface area contributed by atoms with Gasteiger partial charge in [0.2, 0.25) is 0 Å². The van der Waals surface area contributed by atoms with Crippen LogP contribution in [0.2, 0.25) is 0 Å². The summed E-state index contributed by atoms with van der Waals surface area (Å²) < 4.78 is 0. The van der Waals surface area contributed by atoms with Crippen LogP contribution in [0, 0.1) is 5.92 Å². The highest BCUT2D eigenvalue weighted by atomic mass is 16.3. The number of hydrogen-bond donors (Lipinski definition) is 1. The first-order valence-corrected chi connectivity index (χ1v) is 4.46. The first kappa shape index (κ1) is 7.29. The van der Waals surface area contributed by atoms with Gasteiger partial charge in [-0.15, -0.1) is 0 Å². The molecule has 0 aromatic heterocycles. The summed E-state index contributed by atoms with van der Waals surface area (Å²) in [5.74, 6) is 0.819. The SMILES string of the molecule is O=C1CCC2CCC1(O)CC2. The zero-order chi connectivity index (χ0) is 7.90. The van der Waals surface area contributed by atoms with E-state index in [2.05, 4.69) is 0 Å². The molecule has 3 aliphatic carbocycles. The third-order valence-electron chi connectivity index (χ3n) is 3.23. The van der Waals surface area contributed by atoms with E-state index in [4.69, 9.17) is 0 Å². The van der Waals surface area contributed by atoms with Crippen molar-refractivity contribution in [3.05, 3.63) is 0 Å². The lowest BCUT2D eigenvalue weighted by molar-refractivity contribution is -0.138. The maximum absolute atomic E-state index is 11.3. The Morgan fingerprint density at radius 3 is 2.55 bits per heavy atom. The van der Waals surface area contributed by atoms with Gasteiger partial charge in [-0.3, -0.25) is 4.79 Å². The van der Waals surface area contributed by atoms with E-state index in [0.29, 0.717) is 6.42 Å². The van der Waals surface area contributed by atoms with Crippen LogP contribution in [0.4, 0.5) is 0 Å². The summed E-state index contributed by atoms with van der Waals surface area (Å²) in [5, 5.41) is 9.82. The van der Waals surface area contributed by atoms with Crippen LogP contribution in [0.15, 0.2) is 0 Å². The normalized spacial score (nSPS) is 44.1. The lowest BCUT2D eigenvalue weighted by atomic mass is 9.80. The molecule has 0 heterocycles. The molecule has 1 N–H and O–H groups in total. The van der Waals surface area contributed by atoms with E-state index in [1.54, 1.807) is 0 Å². The maximum Gasteiger partial charge on any atom is 0.164 e. The highest BCUT2D eigenvalue weighted by Gasteiger charge is 2.42. The molecule has 3 fully saturated rings. The minimum atomic E-state index is -0.910. The Hall–Kier alpha value is -0.370. The standard InChI is InChI=1S/C9H14O2/c10-8-2-1-7-3-5-9(8,11)6-4-7/h7,11H,1-6H2. The van der Waals surface area contributed by atoms with Gasteiger partial charge in [0.15, 0.2) is 5.78 Å². The molecule has 0 radical (unpaired) electrons. The van der Waals surface area contributed by atoms with Gasteiger partial charge >= 0.3 is 0 Å². The molecule has 2 bridgehead atoms. The second kappa shape index (κ2) is 2.31. The van der Waals surface area contributed by atoms with Crippen molar-refractivity contribution in [2.24, 2.45) is 5.92 Å². The first-order valence-electron chi connectivity index (χ1n) is 4.46. The fourth-order valence-electron chi connectivity index (χ4n) is 2.29. The molecule has 0 spiro atoms. The summed E-state index contributed by atoms with van der Waals surface area (Å²) in [7, 11) is 0. The number of hydrogen-bond acceptors (Lipinski definition) is 2. The Labute approximate surface area is 66.6 Å². The van der Waals surface area contributed by atoms with Gasteiger partial charge in [0, 0.05) is 6.42 Å². The number of rotatable bonds is 0. The number of ketones is 1. The molecule has 0 amide bonds. The quantitative estimate of drug-likeness (QED) is 0.570. The van der Waals surface area contributed by atoms with Gasteiger partial charge in [-0.05, 0) is 38.0 Å². The summed E-state index contributed by atoms with van der Waals surface area (Å²) >= 11 is 0. The third kappa shape index (κ3) is 1.09. The second-order valence-electron chi connectivity index (χ2n) is 3.94. The molecule has 0 saturated heterocycles. The molecule has 0 aliphatic heterocycles. The van der Waals surface area contributed by atoms with E-state index < -0.39 is 5.60 Å². The topological polar surface area (TPSA) is 37.3 Å². The van der Waals surface area contributed by atoms with E-state index in [-0.39, 0.29) is 5.78 Å². The average Bonchev–Trinajstić information content (AvgIpc) is 2.22. The molecular weight excluding hydrogens is 140 g/mol. The van der Waals surface area contributed by atoms with Crippen LogP contribution in [-0.4, -0.2) is 16.5 Å². The lowest BCUT2D eigenvalue weighted by Crippen LogP contribution is -2.38. The van der Waals surface area contributed by atoms with Gasteiger partial charge in [-0.25, -0.2) is 0 Å². The summed E-state index contributed by atoms with van der Waals surface area (Å²) in [5.41, 5.74) is -0.910. The molecule has 0 atom stereocenters. The van der Waals surface area contributed by atoms with Gasteiger partial charge in [0.1, 0.15) is 5.60 Å². The summed E-state index contributed by atoms with van der Waals surface area (Å²) in [6, 6.07) is 0. The fourth-order valence-corrected chi connectivity index (χ4v) is 2.29. The first-order chi connectivity index (χ1) is 5.21. The minimum Gasteiger partial charge on any atom is -0.382 e. The average molecular weight is 154 g/mol. The minimum absolute atomic E-state index is 0.0949. The molecule has 3 aliphatic rings. The Bertz CT molecular complexity index is 178. The monoisotopic (exact) mass is 154 g/mol. The zero-order valence-electron chi connectivity index (χ0n) is 6.68. The van der Waals surface area contributed by atoms with Crippen LogP contribution in [0.25, 0.3) is 0 Å². The Morgan fingerprint density at radius 2 is 1.91 bits per heavy atom. The molecule has 0 aromatic carbocycles. The number of Topliss-reactive ketones (excluding diaryl/α,β-unsaturated/α-hetero) is 1. The van der Waals surface area contributed by atoms with E-state index in [1.807, 2.05) is 0 Å². The van der Waals surface area contributed by atoms with Crippen LogP contribution in [-0.2, 0) is 4.79 Å². The fraction of sp³-hybridized carbons (Fsp3) is 0.889. The Balaban J connectivity index is 2.24.